The van der Waals surface area contributed by atoms with Gasteiger partial charge in [0.15, 0.2) is 0 Å². The smallest absolute Gasteiger partial charge is 0.223 e. The van der Waals surface area contributed by atoms with Gasteiger partial charge >= 0.3 is 0 Å². The van der Waals surface area contributed by atoms with Crippen molar-refractivity contribution < 1.29 is 14.3 Å². The molecule has 2 aliphatic carbocycles. The molecule has 3 rings (SSSR count). The van der Waals surface area contributed by atoms with Gasteiger partial charge in [-0.05, 0) is 55.9 Å². The van der Waals surface area contributed by atoms with E-state index < -0.39 is 0 Å². The largest absolute Gasteiger partial charge is 0.376 e. The Labute approximate surface area is 159 Å². The highest BCUT2D eigenvalue weighted by Crippen LogP contribution is 2.29. The van der Waals surface area contributed by atoms with Crippen LogP contribution in [-0.4, -0.2) is 56.8 Å². The van der Waals surface area contributed by atoms with Crippen molar-refractivity contribution in [2.75, 3.05) is 6.61 Å². The van der Waals surface area contributed by atoms with Crippen LogP contribution >= 0.6 is 0 Å². The van der Waals surface area contributed by atoms with Gasteiger partial charge in [-0.3, -0.25) is 9.59 Å². The minimum atomic E-state index is -0.118. The van der Waals surface area contributed by atoms with Crippen molar-refractivity contribution in [3.8, 4) is 0 Å². The van der Waals surface area contributed by atoms with E-state index >= 15 is 0 Å². The van der Waals surface area contributed by atoms with E-state index in [0.717, 1.165) is 32.1 Å². The van der Waals surface area contributed by atoms with E-state index in [2.05, 4.69) is 33.1 Å². The number of ether oxygens (including phenoxy) is 1. The van der Waals surface area contributed by atoms with Crippen LogP contribution in [-0.2, 0) is 20.9 Å². The quantitative estimate of drug-likeness (QED) is 0.655. The Hall–Kier alpha value is -2.03. The third-order valence-corrected chi connectivity index (χ3v) is 5.23. The molecule has 0 aromatic carbocycles. The van der Waals surface area contributed by atoms with Crippen molar-refractivity contribution in [3.63, 3.8) is 0 Å². The minimum absolute atomic E-state index is 0.0236. The topological polar surface area (TPSA) is 111 Å². The first-order valence-corrected chi connectivity index (χ1v) is 10.0. The molecule has 2 amide bonds. The summed E-state index contributed by atoms with van der Waals surface area (Å²) in [5.74, 6) is 0.765. The molecule has 3 atom stereocenters. The van der Waals surface area contributed by atoms with Crippen molar-refractivity contribution in [1.82, 2.24) is 30.8 Å². The van der Waals surface area contributed by atoms with E-state index in [1.54, 1.807) is 11.6 Å². The predicted molar refractivity (Wildman–Crippen MR) is 97.6 cm³/mol. The molecule has 27 heavy (non-hydrogen) atoms. The number of tetrazole rings is 1. The number of aryl methyl sites for hydroxylation is 2. The summed E-state index contributed by atoms with van der Waals surface area (Å²) < 4.78 is 7.60. The van der Waals surface area contributed by atoms with Crippen molar-refractivity contribution in [3.05, 3.63) is 5.82 Å². The number of aromatic nitrogens is 4. The van der Waals surface area contributed by atoms with Crippen LogP contribution in [0.25, 0.3) is 0 Å². The van der Waals surface area contributed by atoms with Crippen LogP contribution in [0, 0.1) is 12.8 Å². The van der Waals surface area contributed by atoms with Gasteiger partial charge in [0.1, 0.15) is 5.82 Å². The van der Waals surface area contributed by atoms with Crippen molar-refractivity contribution >= 4 is 11.8 Å². The maximum Gasteiger partial charge on any atom is 0.223 e. The molecule has 2 aliphatic rings. The molecule has 1 heterocycles. The number of carbonyl (C=O) groups is 2. The third kappa shape index (κ3) is 5.72. The lowest BCUT2D eigenvalue weighted by Crippen LogP contribution is -2.50. The van der Waals surface area contributed by atoms with Gasteiger partial charge in [0, 0.05) is 25.0 Å². The second-order valence-corrected chi connectivity index (χ2v) is 7.58. The Balaban J connectivity index is 1.50. The predicted octanol–water partition coefficient (Wildman–Crippen LogP) is 0.730. The summed E-state index contributed by atoms with van der Waals surface area (Å²) in [7, 11) is 0. The summed E-state index contributed by atoms with van der Waals surface area (Å²) >= 11 is 0. The summed E-state index contributed by atoms with van der Waals surface area (Å²) in [5.41, 5.74) is 0. The zero-order chi connectivity index (χ0) is 19.2. The zero-order valence-electron chi connectivity index (χ0n) is 16.2. The Kier molecular flexibility index (Phi) is 6.76. The molecular weight excluding hydrogens is 348 g/mol. The first kappa shape index (κ1) is 19.7. The summed E-state index contributed by atoms with van der Waals surface area (Å²) in [4.78, 5) is 24.8. The van der Waals surface area contributed by atoms with Gasteiger partial charge < -0.3 is 15.4 Å². The molecular formula is C18H30N6O3. The SMILES string of the molecule is CCCO[C@@H]1C[C@@H](C(=O)NC2CC2)CC[C@H]1NC(=O)CCn1nnnc1C. The van der Waals surface area contributed by atoms with Crippen molar-refractivity contribution in [1.29, 1.82) is 0 Å². The average Bonchev–Trinajstić information content (AvgIpc) is 3.38. The highest BCUT2D eigenvalue weighted by Gasteiger charge is 2.36. The fourth-order valence-electron chi connectivity index (χ4n) is 3.47. The van der Waals surface area contributed by atoms with Gasteiger partial charge in [0.25, 0.3) is 0 Å². The number of hydrogen-bond donors (Lipinski definition) is 2. The monoisotopic (exact) mass is 378 g/mol. The van der Waals surface area contributed by atoms with Crippen LogP contribution < -0.4 is 10.6 Å². The Morgan fingerprint density at radius 1 is 1.22 bits per heavy atom. The molecule has 0 spiro atoms. The Bertz CT molecular complexity index is 645. The van der Waals surface area contributed by atoms with Crippen LogP contribution in [0.1, 0.15) is 57.7 Å². The Morgan fingerprint density at radius 3 is 2.70 bits per heavy atom. The van der Waals surface area contributed by atoms with Crippen LogP contribution in [0.15, 0.2) is 0 Å². The van der Waals surface area contributed by atoms with Gasteiger partial charge in [0.2, 0.25) is 11.8 Å². The highest BCUT2D eigenvalue weighted by atomic mass is 16.5. The summed E-state index contributed by atoms with van der Waals surface area (Å²) in [6.45, 7) is 4.95. The molecule has 9 nitrogen and oxygen atoms in total. The molecule has 2 saturated carbocycles. The standard InChI is InChI=1S/C18H30N6O3/c1-3-10-27-16-11-13(18(26)19-14-5-6-14)4-7-15(16)20-17(25)8-9-24-12(2)21-22-23-24/h13-16H,3-11H2,1-2H3,(H,19,26)(H,20,25)/t13-,15+,16+/m0/s1. The number of hydrogen-bond acceptors (Lipinski definition) is 6. The number of nitrogens with zero attached hydrogens (tertiary/aromatic N) is 4. The zero-order valence-corrected chi connectivity index (χ0v) is 16.2. The summed E-state index contributed by atoms with van der Waals surface area (Å²) in [6.07, 6.45) is 5.49. The van der Waals surface area contributed by atoms with Gasteiger partial charge in [-0.15, -0.1) is 5.10 Å². The van der Waals surface area contributed by atoms with E-state index in [1.165, 1.54) is 0 Å². The maximum atomic E-state index is 12.4. The van der Waals surface area contributed by atoms with Crippen molar-refractivity contribution in [2.45, 2.75) is 83.5 Å². The minimum Gasteiger partial charge on any atom is -0.376 e. The van der Waals surface area contributed by atoms with Gasteiger partial charge in [-0.1, -0.05) is 6.92 Å². The second kappa shape index (κ2) is 9.25. The summed E-state index contributed by atoms with van der Waals surface area (Å²) in [5, 5.41) is 17.4. The molecule has 0 bridgehead atoms. The number of carbonyl (C=O) groups excluding carboxylic acids is 2. The number of nitrogens with one attached hydrogen (secondary N) is 2. The first-order valence-electron chi connectivity index (χ1n) is 10.0. The lowest BCUT2D eigenvalue weighted by molar-refractivity contribution is -0.129. The normalized spacial score (nSPS) is 25.2. The lowest BCUT2D eigenvalue weighted by Gasteiger charge is -2.36. The van der Waals surface area contributed by atoms with E-state index in [-0.39, 0.29) is 29.9 Å². The molecule has 9 heteroatoms. The van der Waals surface area contributed by atoms with E-state index in [1.807, 2.05) is 0 Å². The maximum absolute atomic E-state index is 12.4. The number of amides is 2. The van der Waals surface area contributed by atoms with Crippen LogP contribution in [0.3, 0.4) is 0 Å². The summed E-state index contributed by atoms with van der Waals surface area (Å²) in [6, 6.07) is 0.323. The van der Waals surface area contributed by atoms with E-state index in [4.69, 9.17) is 4.74 Å². The molecule has 2 fully saturated rings. The molecule has 1 aromatic rings. The third-order valence-electron chi connectivity index (χ3n) is 5.23. The van der Waals surface area contributed by atoms with Crippen LogP contribution in [0.5, 0.6) is 0 Å². The molecule has 2 N–H and O–H groups in total. The molecule has 0 radical (unpaired) electrons. The van der Waals surface area contributed by atoms with Crippen LogP contribution in [0.4, 0.5) is 0 Å². The van der Waals surface area contributed by atoms with Gasteiger partial charge in [-0.2, -0.15) is 0 Å². The molecule has 0 unspecified atom stereocenters. The second-order valence-electron chi connectivity index (χ2n) is 7.58. The fraction of sp³-hybridized carbons (Fsp3) is 0.833. The van der Waals surface area contributed by atoms with Crippen molar-refractivity contribution in [2.24, 2.45) is 5.92 Å². The van der Waals surface area contributed by atoms with E-state index in [9.17, 15) is 9.59 Å². The van der Waals surface area contributed by atoms with Crippen LogP contribution in [0.2, 0.25) is 0 Å². The lowest BCUT2D eigenvalue weighted by atomic mass is 9.83. The van der Waals surface area contributed by atoms with Gasteiger partial charge in [0.05, 0.1) is 18.7 Å². The number of rotatable bonds is 9. The fourth-order valence-corrected chi connectivity index (χ4v) is 3.47. The average molecular weight is 378 g/mol. The molecule has 150 valence electrons. The molecule has 1 aromatic heterocycles. The molecule has 0 aliphatic heterocycles. The van der Waals surface area contributed by atoms with Gasteiger partial charge in [-0.25, -0.2) is 4.68 Å². The van der Waals surface area contributed by atoms with E-state index in [0.29, 0.717) is 37.9 Å². The highest BCUT2D eigenvalue weighted by molar-refractivity contribution is 5.79. The molecule has 0 saturated heterocycles. The first-order chi connectivity index (χ1) is 13.1. The Morgan fingerprint density at radius 2 is 2.04 bits per heavy atom.